The predicted molar refractivity (Wildman–Crippen MR) is 79.2 cm³/mol. The maximum Gasteiger partial charge on any atom is 0.246 e. The maximum atomic E-state index is 14.1. The lowest BCUT2D eigenvalue weighted by Gasteiger charge is -2.26. The van der Waals surface area contributed by atoms with Crippen LogP contribution >= 0.6 is 11.6 Å². The van der Waals surface area contributed by atoms with Crippen molar-refractivity contribution in [1.29, 1.82) is 0 Å². The first-order chi connectivity index (χ1) is 9.96. The molecule has 3 unspecified atom stereocenters. The van der Waals surface area contributed by atoms with E-state index in [0.717, 1.165) is 19.5 Å². The van der Waals surface area contributed by atoms with E-state index in [0.29, 0.717) is 18.4 Å². The molecule has 0 spiro atoms. The van der Waals surface area contributed by atoms with Crippen molar-refractivity contribution in [2.75, 3.05) is 19.6 Å². The summed E-state index contributed by atoms with van der Waals surface area (Å²) in [6, 6.07) is 4.04. The fourth-order valence-electron chi connectivity index (χ4n) is 3.58. The Labute approximate surface area is 129 Å². The predicted octanol–water partition coefficient (Wildman–Crippen LogP) is 2.10. The van der Waals surface area contributed by atoms with E-state index in [1.54, 1.807) is 0 Å². The largest absolute Gasteiger partial charge is 0.316 e. The van der Waals surface area contributed by atoms with Crippen LogP contribution in [0.3, 0.4) is 0 Å². The standard InChI is InChI=1S/C14H18ClFN2O2S/c1-2-12-10-7-17-6-9(10)8-18(12)21(19,20)13-5-3-4-11(15)14(13)16/h3-5,9-10,12,17H,2,6-8H2,1H3. The lowest BCUT2D eigenvalue weighted by Crippen LogP contribution is -2.39. The van der Waals surface area contributed by atoms with Gasteiger partial charge in [-0.05, 0) is 43.5 Å². The highest BCUT2D eigenvalue weighted by Crippen LogP contribution is 2.38. The van der Waals surface area contributed by atoms with Crippen LogP contribution in [0.4, 0.5) is 4.39 Å². The van der Waals surface area contributed by atoms with Gasteiger partial charge in [0.05, 0.1) is 5.02 Å². The van der Waals surface area contributed by atoms with Gasteiger partial charge in [-0.15, -0.1) is 0 Å². The van der Waals surface area contributed by atoms with Crippen molar-refractivity contribution in [1.82, 2.24) is 9.62 Å². The molecule has 1 aromatic rings. The molecule has 116 valence electrons. The minimum Gasteiger partial charge on any atom is -0.316 e. The van der Waals surface area contributed by atoms with E-state index in [1.807, 2.05) is 6.92 Å². The van der Waals surface area contributed by atoms with Crippen LogP contribution in [0.5, 0.6) is 0 Å². The summed E-state index contributed by atoms with van der Waals surface area (Å²) in [6.07, 6.45) is 0.726. The number of hydrogen-bond donors (Lipinski definition) is 1. The third kappa shape index (κ3) is 2.38. The van der Waals surface area contributed by atoms with Gasteiger partial charge in [-0.3, -0.25) is 0 Å². The molecule has 2 aliphatic heterocycles. The van der Waals surface area contributed by atoms with Gasteiger partial charge >= 0.3 is 0 Å². The number of nitrogens with zero attached hydrogens (tertiary/aromatic N) is 1. The van der Waals surface area contributed by atoms with Crippen molar-refractivity contribution in [3.05, 3.63) is 29.0 Å². The van der Waals surface area contributed by atoms with Gasteiger partial charge < -0.3 is 5.32 Å². The number of halogens is 2. The van der Waals surface area contributed by atoms with Crippen LogP contribution in [0.15, 0.2) is 23.1 Å². The molecule has 7 heteroatoms. The summed E-state index contributed by atoms with van der Waals surface area (Å²) in [5, 5.41) is 3.14. The number of fused-ring (bicyclic) bond motifs is 1. The third-order valence-corrected chi connectivity index (χ3v) is 6.79. The molecule has 0 aliphatic carbocycles. The van der Waals surface area contributed by atoms with Gasteiger partial charge in [0.1, 0.15) is 4.90 Å². The van der Waals surface area contributed by atoms with Gasteiger partial charge in [0.15, 0.2) is 5.82 Å². The quantitative estimate of drug-likeness (QED) is 0.922. The number of sulfonamides is 1. The van der Waals surface area contributed by atoms with Crippen LogP contribution in [0.25, 0.3) is 0 Å². The Morgan fingerprint density at radius 2 is 2.19 bits per heavy atom. The van der Waals surface area contributed by atoms with Gasteiger partial charge in [0, 0.05) is 12.6 Å². The fraction of sp³-hybridized carbons (Fsp3) is 0.571. The topological polar surface area (TPSA) is 49.4 Å². The molecule has 0 aromatic heterocycles. The minimum absolute atomic E-state index is 0.0756. The molecule has 21 heavy (non-hydrogen) atoms. The second kappa shape index (κ2) is 5.50. The molecular weight excluding hydrogens is 315 g/mol. The lowest BCUT2D eigenvalue weighted by molar-refractivity contribution is 0.327. The third-order valence-electron chi connectivity index (χ3n) is 4.59. The molecule has 1 N–H and O–H groups in total. The SMILES string of the molecule is CCC1C2CNCC2CN1S(=O)(=O)c1cccc(Cl)c1F. The molecule has 0 radical (unpaired) electrons. The summed E-state index contributed by atoms with van der Waals surface area (Å²) in [5.41, 5.74) is 0. The Bertz CT molecular complexity index is 652. The van der Waals surface area contributed by atoms with E-state index >= 15 is 0 Å². The lowest BCUT2D eigenvalue weighted by atomic mass is 9.93. The van der Waals surface area contributed by atoms with Gasteiger partial charge in [-0.25, -0.2) is 12.8 Å². The summed E-state index contributed by atoms with van der Waals surface area (Å²) in [4.78, 5) is -0.318. The zero-order chi connectivity index (χ0) is 15.2. The van der Waals surface area contributed by atoms with E-state index in [-0.39, 0.29) is 16.0 Å². The molecule has 3 rings (SSSR count). The normalized spacial score (nSPS) is 29.8. The Hall–Kier alpha value is -0.690. The second-order valence-corrected chi connectivity index (χ2v) is 7.95. The van der Waals surface area contributed by atoms with Gasteiger partial charge in [-0.1, -0.05) is 24.6 Å². The summed E-state index contributed by atoms with van der Waals surface area (Å²) in [5.74, 6) is -0.233. The Morgan fingerprint density at radius 3 is 2.90 bits per heavy atom. The second-order valence-electron chi connectivity index (χ2n) is 5.68. The van der Waals surface area contributed by atoms with Crippen molar-refractivity contribution >= 4 is 21.6 Å². The molecule has 2 fully saturated rings. The first kappa shape index (κ1) is 15.2. The number of rotatable bonds is 3. The van der Waals surface area contributed by atoms with Crippen LogP contribution in [-0.4, -0.2) is 38.4 Å². The maximum absolute atomic E-state index is 14.1. The molecule has 4 nitrogen and oxygen atoms in total. The molecule has 0 bridgehead atoms. The van der Waals surface area contributed by atoms with Crippen LogP contribution < -0.4 is 5.32 Å². The van der Waals surface area contributed by atoms with E-state index in [2.05, 4.69) is 5.32 Å². The van der Waals surface area contributed by atoms with Gasteiger partial charge in [0.2, 0.25) is 10.0 Å². The molecule has 2 aliphatic rings. The molecule has 2 heterocycles. The number of hydrogen-bond acceptors (Lipinski definition) is 3. The number of nitrogens with one attached hydrogen (secondary N) is 1. The van der Waals surface area contributed by atoms with Crippen LogP contribution in [0.2, 0.25) is 5.02 Å². The van der Waals surface area contributed by atoms with E-state index in [9.17, 15) is 12.8 Å². The van der Waals surface area contributed by atoms with Crippen LogP contribution in [0, 0.1) is 17.7 Å². The Kier molecular flexibility index (Phi) is 3.98. The van der Waals surface area contributed by atoms with Crippen molar-refractivity contribution in [2.45, 2.75) is 24.3 Å². The average molecular weight is 333 g/mol. The molecule has 0 saturated carbocycles. The molecule has 1 aromatic carbocycles. The van der Waals surface area contributed by atoms with Crippen molar-refractivity contribution in [3.8, 4) is 0 Å². The van der Waals surface area contributed by atoms with E-state index < -0.39 is 15.8 Å². The van der Waals surface area contributed by atoms with E-state index in [4.69, 9.17) is 11.6 Å². The summed E-state index contributed by atoms with van der Waals surface area (Å²) >= 11 is 5.72. The van der Waals surface area contributed by atoms with Crippen molar-refractivity contribution < 1.29 is 12.8 Å². The zero-order valence-electron chi connectivity index (χ0n) is 11.7. The number of benzene rings is 1. The van der Waals surface area contributed by atoms with Crippen LogP contribution in [-0.2, 0) is 10.0 Å². The van der Waals surface area contributed by atoms with Crippen molar-refractivity contribution in [3.63, 3.8) is 0 Å². The average Bonchev–Trinajstić information content (AvgIpc) is 3.01. The molecule has 3 atom stereocenters. The van der Waals surface area contributed by atoms with Gasteiger partial charge in [-0.2, -0.15) is 4.31 Å². The first-order valence-corrected chi connectivity index (χ1v) is 8.95. The molecule has 0 amide bonds. The monoisotopic (exact) mass is 332 g/mol. The highest BCUT2D eigenvalue weighted by atomic mass is 35.5. The zero-order valence-corrected chi connectivity index (χ0v) is 13.3. The summed E-state index contributed by atoms with van der Waals surface area (Å²) in [6.45, 7) is 4.07. The molecular formula is C14H18ClFN2O2S. The fourth-order valence-corrected chi connectivity index (χ4v) is 5.70. The summed E-state index contributed by atoms with van der Waals surface area (Å²) in [7, 11) is -3.85. The molecule has 2 saturated heterocycles. The van der Waals surface area contributed by atoms with Gasteiger partial charge in [0.25, 0.3) is 0 Å². The smallest absolute Gasteiger partial charge is 0.246 e. The van der Waals surface area contributed by atoms with Crippen molar-refractivity contribution in [2.24, 2.45) is 11.8 Å². The Balaban J connectivity index is 2.00. The van der Waals surface area contributed by atoms with Crippen LogP contribution in [0.1, 0.15) is 13.3 Å². The Morgan fingerprint density at radius 1 is 1.43 bits per heavy atom. The highest BCUT2D eigenvalue weighted by Gasteiger charge is 2.48. The van der Waals surface area contributed by atoms with E-state index in [1.165, 1.54) is 22.5 Å². The summed E-state index contributed by atoms with van der Waals surface area (Å²) < 4.78 is 41.2. The minimum atomic E-state index is -3.85. The first-order valence-electron chi connectivity index (χ1n) is 7.13. The highest BCUT2D eigenvalue weighted by molar-refractivity contribution is 7.89.